The summed E-state index contributed by atoms with van der Waals surface area (Å²) in [5, 5.41) is 0. The van der Waals surface area contributed by atoms with Gasteiger partial charge in [-0.15, -0.1) is 0 Å². The maximum absolute atomic E-state index is 13.0. The molecule has 0 aliphatic carbocycles. The van der Waals surface area contributed by atoms with Crippen LogP contribution in [0.15, 0.2) is 24.3 Å². The lowest BCUT2D eigenvalue weighted by atomic mass is 9.97. The first kappa shape index (κ1) is 17.2. The van der Waals surface area contributed by atoms with Crippen molar-refractivity contribution in [2.45, 2.75) is 45.2 Å². The van der Waals surface area contributed by atoms with Gasteiger partial charge in [-0.2, -0.15) is 0 Å². The quantitative estimate of drug-likeness (QED) is 0.782. The number of benzene rings is 1. The van der Waals surface area contributed by atoms with Crippen molar-refractivity contribution in [2.24, 2.45) is 0 Å². The van der Waals surface area contributed by atoms with Crippen LogP contribution in [0.5, 0.6) is 5.75 Å². The molecular weight excluding hydrogens is 301 g/mol. The summed E-state index contributed by atoms with van der Waals surface area (Å²) in [6, 6.07) is 5.81. The molecule has 1 aromatic carbocycles. The molecule has 1 aromatic rings. The second-order valence-electron chi connectivity index (χ2n) is 5.84. The minimum absolute atomic E-state index is 0.161. The number of piperidine rings is 1. The van der Waals surface area contributed by atoms with Gasteiger partial charge in [-0.3, -0.25) is 4.79 Å². The number of carbonyl (C=O) groups excluding carboxylic acids is 2. The lowest BCUT2D eigenvalue weighted by molar-refractivity contribution is -0.156. The number of carbonyl (C=O) groups is 2. The SMILES string of the molecule is CC1CCCC(C)N1C(=O)COC(=O)COc1cccc(F)c1. The third-order valence-corrected chi connectivity index (χ3v) is 3.99. The topological polar surface area (TPSA) is 55.8 Å². The molecule has 0 N–H and O–H groups in total. The van der Waals surface area contributed by atoms with Crippen LogP contribution in [0.2, 0.25) is 0 Å². The predicted molar refractivity (Wildman–Crippen MR) is 82.5 cm³/mol. The Bertz CT molecular complexity index is 553. The standard InChI is InChI=1S/C17H22FNO4/c1-12-5-3-6-13(2)19(12)16(20)10-23-17(21)11-22-15-8-4-7-14(18)9-15/h4,7-9,12-13H,3,5-6,10-11H2,1-2H3. The number of hydrogen-bond donors (Lipinski definition) is 0. The predicted octanol–water partition coefficient (Wildman–Crippen LogP) is 2.54. The zero-order chi connectivity index (χ0) is 16.8. The van der Waals surface area contributed by atoms with Crippen molar-refractivity contribution < 1.29 is 23.5 Å². The molecule has 2 unspecified atom stereocenters. The fourth-order valence-electron chi connectivity index (χ4n) is 2.87. The molecule has 2 rings (SSSR count). The van der Waals surface area contributed by atoms with Gasteiger partial charge in [-0.05, 0) is 45.2 Å². The normalized spacial score (nSPS) is 20.9. The van der Waals surface area contributed by atoms with Crippen LogP contribution in [-0.2, 0) is 14.3 Å². The number of rotatable bonds is 5. The molecule has 1 saturated heterocycles. The zero-order valence-corrected chi connectivity index (χ0v) is 13.5. The van der Waals surface area contributed by atoms with Gasteiger partial charge >= 0.3 is 5.97 Å². The van der Waals surface area contributed by atoms with E-state index in [4.69, 9.17) is 9.47 Å². The van der Waals surface area contributed by atoms with Crippen LogP contribution in [0.4, 0.5) is 4.39 Å². The molecule has 0 bridgehead atoms. The van der Waals surface area contributed by atoms with Gasteiger partial charge in [0.1, 0.15) is 11.6 Å². The van der Waals surface area contributed by atoms with Crippen LogP contribution >= 0.6 is 0 Å². The fourth-order valence-corrected chi connectivity index (χ4v) is 2.87. The first-order chi connectivity index (χ1) is 11.0. The van der Waals surface area contributed by atoms with E-state index in [1.807, 2.05) is 13.8 Å². The first-order valence-electron chi connectivity index (χ1n) is 7.82. The van der Waals surface area contributed by atoms with Gasteiger partial charge in [0.05, 0.1) is 0 Å². The number of esters is 1. The molecule has 2 atom stereocenters. The molecule has 0 saturated carbocycles. The second-order valence-corrected chi connectivity index (χ2v) is 5.84. The molecule has 1 aliphatic rings. The van der Waals surface area contributed by atoms with Crippen molar-refractivity contribution in [3.8, 4) is 5.75 Å². The van der Waals surface area contributed by atoms with Gasteiger partial charge in [0.2, 0.25) is 0 Å². The van der Waals surface area contributed by atoms with Gasteiger partial charge in [-0.1, -0.05) is 6.07 Å². The van der Waals surface area contributed by atoms with Gasteiger partial charge in [0.15, 0.2) is 13.2 Å². The van der Waals surface area contributed by atoms with Crippen LogP contribution in [-0.4, -0.2) is 42.1 Å². The molecular formula is C17H22FNO4. The summed E-state index contributed by atoms with van der Waals surface area (Å²) in [6.07, 6.45) is 3.03. The molecule has 23 heavy (non-hydrogen) atoms. The third-order valence-electron chi connectivity index (χ3n) is 3.99. The molecule has 1 aliphatic heterocycles. The van der Waals surface area contributed by atoms with E-state index in [1.54, 1.807) is 11.0 Å². The number of ether oxygens (including phenoxy) is 2. The van der Waals surface area contributed by atoms with Gasteiger partial charge in [-0.25, -0.2) is 9.18 Å². The maximum Gasteiger partial charge on any atom is 0.344 e. The number of amides is 1. The molecule has 6 heteroatoms. The van der Waals surface area contributed by atoms with E-state index in [9.17, 15) is 14.0 Å². The molecule has 0 radical (unpaired) electrons. The van der Waals surface area contributed by atoms with Crippen LogP contribution < -0.4 is 4.74 Å². The van der Waals surface area contributed by atoms with Crippen LogP contribution in [0, 0.1) is 5.82 Å². The molecule has 1 heterocycles. The van der Waals surface area contributed by atoms with Crippen LogP contribution in [0.1, 0.15) is 33.1 Å². The highest BCUT2D eigenvalue weighted by Gasteiger charge is 2.29. The van der Waals surface area contributed by atoms with Crippen molar-refractivity contribution in [3.63, 3.8) is 0 Å². The van der Waals surface area contributed by atoms with Crippen molar-refractivity contribution in [3.05, 3.63) is 30.1 Å². The summed E-state index contributed by atoms with van der Waals surface area (Å²) < 4.78 is 23.1. The Kier molecular flexibility index (Phi) is 5.96. The van der Waals surface area contributed by atoms with Crippen molar-refractivity contribution >= 4 is 11.9 Å². The molecule has 0 spiro atoms. The first-order valence-corrected chi connectivity index (χ1v) is 7.82. The average Bonchev–Trinajstić information content (AvgIpc) is 2.51. The number of nitrogens with zero attached hydrogens (tertiary/aromatic N) is 1. The summed E-state index contributed by atoms with van der Waals surface area (Å²) in [6.45, 7) is 3.35. The Labute approximate surface area is 135 Å². The van der Waals surface area contributed by atoms with E-state index in [-0.39, 0.29) is 37.0 Å². The highest BCUT2D eigenvalue weighted by atomic mass is 19.1. The lowest BCUT2D eigenvalue weighted by Gasteiger charge is -2.38. The molecule has 0 aromatic heterocycles. The smallest absolute Gasteiger partial charge is 0.344 e. The molecule has 1 amide bonds. The Balaban J connectivity index is 1.76. The second kappa shape index (κ2) is 7.94. The molecule has 5 nitrogen and oxygen atoms in total. The van der Waals surface area contributed by atoms with E-state index < -0.39 is 11.8 Å². The largest absolute Gasteiger partial charge is 0.482 e. The van der Waals surface area contributed by atoms with E-state index in [1.165, 1.54) is 18.2 Å². The summed E-state index contributed by atoms with van der Waals surface area (Å²) in [4.78, 5) is 25.6. The Hall–Kier alpha value is -2.11. The number of hydrogen-bond acceptors (Lipinski definition) is 4. The summed E-state index contributed by atoms with van der Waals surface area (Å²) in [7, 11) is 0. The van der Waals surface area contributed by atoms with Crippen molar-refractivity contribution in [1.29, 1.82) is 0 Å². The third kappa shape index (κ3) is 4.94. The van der Waals surface area contributed by atoms with E-state index in [2.05, 4.69) is 0 Å². The zero-order valence-electron chi connectivity index (χ0n) is 13.5. The van der Waals surface area contributed by atoms with Crippen molar-refractivity contribution in [2.75, 3.05) is 13.2 Å². The Morgan fingerprint density at radius 3 is 2.57 bits per heavy atom. The Morgan fingerprint density at radius 2 is 1.91 bits per heavy atom. The fraction of sp³-hybridized carbons (Fsp3) is 0.529. The highest BCUT2D eigenvalue weighted by Crippen LogP contribution is 2.22. The molecule has 126 valence electrons. The van der Waals surface area contributed by atoms with E-state index >= 15 is 0 Å². The molecule has 1 fully saturated rings. The maximum atomic E-state index is 13.0. The number of halogens is 1. The number of likely N-dealkylation sites (tertiary alicyclic amines) is 1. The highest BCUT2D eigenvalue weighted by molar-refractivity contribution is 5.81. The lowest BCUT2D eigenvalue weighted by Crippen LogP contribution is -2.49. The minimum atomic E-state index is -0.653. The van der Waals surface area contributed by atoms with Crippen molar-refractivity contribution in [1.82, 2.24) is 4.90 Å². The monoisotopic (exact) mass is 323 g/mol. The van der Waals surface area contributed by atoms with E-state index in [0.717, 1.165) is 19.3 Å². The van der Waals surface area contributed by atoms with Gasteiger partial charge in [0, 0.05) is 18.2 Å². The summed E-state index contributed by atoms with van der Waals surface area (Å²) in [5.74, 6) is -1.05. The van der Waals surface area contributed by atoms with Crippen LogP contribution in [0.3, 0.4) is 0 Å². The average molecular weight is 323 g/mol. The minimum Gasteiger partial charge on any atom is -0.482 e. The van der Waals surface area contributed by atoms with Gasteiger partial charge in [0.25, 0.3) is 5.91 Å². The van der Waals surface area contributed by atoms with Crippen LogP contribution in [0.25, 0.3) is 0 Å². The summed E-state index contributed by atoms with van der Waals surface area (Å²) in [5.41, 5.74) is 0. The van der Waals surface area contributed by atoms with Gasteiger partial charge < -0.3 is 14.4 Å². The summed E-state index contributed by atoms with van der Waals surface area (Å²) >= 11 is 0. The van der Waals surface area contributed by atoms with E-state index in [0.29, 0.717) is 0 Å². The Morgan fingerprint density at radius 1 is 1.22 bits per heavy atom.